The van der Waals surface area contributed by atoms with Crippen molar-refractivity contribution in [3.8, 4) is 0 Å². The van der Waals surface area contributed by atoms with Crippen molar-refractivity contribution in [3.63, 3.8) is 0 Å². The molecule has 1 aromatic heterocycles. The van der Waals surface area contributed by atoms with Crippen LogP contribution in [0.3, 0.4) is 0 Å². The van der Waals surface area contributed by atoms with E-state index in [2.05, 4.69) is 10.2 Å². The second kappa shape index (κ2) is 3.84. The molecule has 0 amide bonds. The molecule has 1 aliphatic heterocycles. The Morgan fingerprint density at radius 3 is 2.56 bits per heavy atom. The van der Waals surface area contributed by atoms with Gasteiger partial charge in [-0.15, -0.1) is 0 Å². The SMILES string of the molecule is C[C@@H](n1nccn1)[C@@]1(c2ccc(F)cc2F)CO1. The summed E-state index contributed by atoms with van der Waals surface area (Å²) in [7, 11) is 0. The lowest BCUT2D eigenvalue weighted by atomic mass is 9.93. The Hall–Kier alpha value is -1.82. The molecule has 3 rings (SSSR count). The van der Waals surface area contributed by atoms with Crippen molar-refractivity contribution < 1.29 is 13.5 Å². The molecule has 0 unspecified atom stereocenters. The maximum Gasteiger partial charge on any atom is 0.143 e. The number of epoxide rings is 1. The van der Waals surface area contributed by atoms with Crippen LogP contribution in [0, 0.1) is 11.6 Å². The van der Waals surface area contributed by atoms with Gasteiger partial charge in [0.25, 0.3) is 0 Å². The highest BCUT2D eigenvalue weighted by atomic mass is 19.1. The minimum absolute atomic E-state index is 0.257. The van der Waals surface area contributed by atoms with Gasteiger partial charge in [0.15, 0.2) is 0 Å². The van der Waals surface area contributed by atoms with Gasteiger partial charge >= 0.3 is 0 Å². The Labute approximate surface area is 102 Å². The molecule has 4 nitrogen and oxygen atoms in total. The van der Waals surface area contributed by atoms with Gasteiger partial charge in [-0.05, 0) is 13.0 Å². The Balaban J connectivity index is 2.00. The van der Waals surface area contributed by atoms with Crippen LogP contribution in [0.2, 0.25) is 0 Å². The van der Waals surface area contributed by atoms with Gasteiger partial charge in [-0.1, -0.05) is 6.07 Å². The molecule has 0 aliphatic carbocycles. The molecule has 2 aromatic rings. The van der Waals surface area contributed by atoms with Crippen LogP contribution >= 0.6 is 0 Å². The average Bonchev–Trinajstić information content (AvgIpc) is 2.95. The highest BCUT2D eigenvalue weighted by Gasteiger charge is 2.54. The van der Waals surface area contributed by atoms with Crippen molar-refractivity contribution in [2.24, 2.45) is 0 Å². The molecule has 0 saturated carbocycles. The van der Waals surface area contributed by atoms with Crippen LogP contribution in [-0.2, 0) is 10.3 Å². The zero-order valence-electron chi connectivity index (χ0n) is 9.68. The second-order valence-corrected chi connectivity index (χ2v) is 4.33. The third-order valence-electron chi connectivity index (χ3n) is 3.30. The summed E-state index contributed by atoms with van der Waals surface area (Å²) in [4.78, 5) is 1.47. The first-order valence-corrected chi connectivity index (χ1v) is 5.59. The molecule has 0 radical (unpaired) electrons. The predicted molar refractivity (Wildman–Crippen MR) is 58.7 cm³/mol. The Kier molecular flexibility index (Phi) is 2.41. The smallest absolute Gasteiger partial charge is 0.143 e. The van der Waals surface area contributed by atoms with Crippen molar-refractivity contribution in [3.05, 3.63) is 47.8 Å². The van der Waals surface area contributed by atoms with Crippen molar-refractivity contribution in [2.75, 3.05) is 6.61 Å². The van der Waals surface area contributed by atoms with Crippen molar-refractivity contribution in [2.45, 2.75) is 18.6 Å². The van der Waals surface area contributed by atoms with Gasteiger partial charge in [-0.3, -0.25) is 0 Å². The van der Waals surface area contributed by atoms with E-state index in [4.69, 9.17) is 4.74 Å². The monoisotopic (exact) mass is 251 g/mol. The van der Waals surface area contributed by atoms with E-state index in [0.29, 0.717) is 12.2 Å². The fraction of sp³-hybridized carbons (Fsp3) is 0.333. The molecular weight excluding hydrogens is 240 g/mol. The van der Waals surface area contributed by atoms with E-state index in [1.807, 2.05) is 6.92 Å². The minimum Gasteiger partial charge on any atom is -0.362 e. The van der Waals surface area contributed by atoms with Crippen LogP contribution in [0.15, 0.2) is 30.6 Å². The van der Waals surface area contributed by atoms with Crippen molar-refractivity contribution >= 4 is 0 Å². The standard InChI is InChI=1S/C12H11F2N3O/c1-8(17-15-4-5-16-17)12(7-18-12)10-3-2-9(13)6-11(10)14/h2-6,8H,7H2,1H3/t8-,12-/m1/s1. The van der Waals surface area contributed by atoms with Gasteiger partial charge in [0, 0.05) is 11.6 Å². The Morgan fingerprint density at radius 2 is 2.00 bits per heavy atom. The number of rotatable bonds is 3. The van der Waals surface area contributed by atoms with Crippen LogP contribution in [0.5, 0.6) is 0 Å². The maximum atomic E-state index is 13.8. The molecule has 1 fully saturated rings. The lowest BCUT2D eigenvalue weighted by molar-refractivity contribution is 0.201. The maximum absolute atomic E-state index is 13.8. The first kappa shape index (κ1) is 11.3. The Morgan fingerprint density at radius 1 is 1.33 bits per heavy atom. The van der Waals surface area contributed by atoms with Gasteiger partial charge < -0.3 is 4.74 Å². The van der Waals surface area contributed by atoms with Gasteiger partial charge in [0.2, 0.25) is 0 Å². The lowest BCUT2D eigenvalue weighted by Gasteiger charge is -2.20. The third kappa shape index (κ3) is 1.60. The lowest BCUT2D eigenvalue weighted by Crippen LogP contribution is -2.26. The molecule has 6 heteroatoms. The van der Waals surface area contributed by atoms with Crippen molar-refractivity contribution in [1.82, 2.24) is 15.0 Å². The number of aromatic nitrogens is 3. The number of benzene rings is 1. The van der Waals surface area contributed by atoms with Gasteiger partial charge in [-0.2, -0.15) is 15.0 Å². The van der Waals surface area contributed by atoms with E-state index in [1.165, 1.54) is 16.9 Å². The summed E-state index contributed by atoms with van der Waals surface area (Å²) >= 11 is 0. The first-order chi connectivity index (χ1) is 8.63. The fourth-order valence-corrected chi connectivity index (χ4v) is 2.14. The number of nitrogens with zero attached hydrogens (tertiary/aromatic N) is 3. The molecule has 1 aliphatic rings. The molecule has 0 bridgehead atoms. The summed E-state index contributed by atoms with van der Waals surface area (Å²) in [5.41, 5.74) is -0.453. The third-order valence-corrected chi connectivity index (χ3v) is 3.30. The fourth-order valence-electron chi connectivity index (χ4n) is 2.14. The zero-order chi connectivity index (χ0) is 12.8. The van der Waals surface area contributed by atoms with E-state index >= 15 is 0 Å². The largest absolute Gasteiger partial charge is 0.362 e. The van der Waals surface area contributed by atoms with Crippen molar-refractivity contribution in [1.29, 1.82) is 0 Å². The average molecular weight is 251 g/mol. The van der Waals surface area contributed by atoms with Gasteiger partial charge in [0.1, 0.15) is 23.3 Å². The van der Waals surface area contributed by atoms with E-state index < -0.39 is 17.2 Å². The summed E-state index contributed by atoms with van der Waals surface area (Å²) in [6.45, 7) is 2.22. The van der Waals surface area contributed by atoms with Gasteiger partial charge in [-0.25, -0.2) is 8.78 Å². The second-order valence-electron chi connectivity index (χ2n) is 4.33. The summed E-state index contributed by atoms with van der Waals surface area (Å²) in [5.74, 6) is -1.21. The molecule has 0 N–H and O–H groups in total. The summed E-state index contributed by atoms with van der Waals surface area (Å²) < 4.78 is 32.2. The molecule has 1 saturated heterocycles. The molecule has 18 heavy (non-hydrogen) atoms. The van der Waals surface area contributed by atoms with Crippen LogP contribution < -0.4 is 0 Å². The topological polar surface area (TPSA) is 43.2 Å². The summed E-state index contributed by atoms with van der Waals surface area (Å²) in [6.07, 6.45) is 3.10. The minimum atomic E-state index is -0.795. The van der Waals surface area contributed by atoms with E-state index in [9.17, 15) is 8.78 Å². The quantitative estimate of drug-likeness (QED) is 0.784. The van der Waals surface area contributed by atoms with E-state index in [0.717, 1.165) is 6.07 Å². The highest BCUT2D eigenvalue weighted by Crippen LogP contribution is 2.48. The molecule has 2 atom stereocenters. The van der Waals surface area contributed by atoms with E-state index in [1.54, 1.807) is 12.4 Å². The Bertz CT molecular complexity index is 567. The van der Waals surface area contributed by atoms with Crippen LogP contribution in [0.4, 0.5) is 8.78 Å². The van der Waals surface area contributed by atoms with Crippen LogP contribution in [0.1, 0.15) is 18.5 Å². The number of halogens is 2. The number of hydrogen-bond donors (Lipinski definition) is 0. The molecule has 0 spiro atoms. The zero-order valence-corrected chi connectivity index (χ0v) is 9.68. The van der Waals surface area contributed by atoms with Crippen LogP contribution in [0.25, 0.3) is 0 Å². The summed E-state index contributed by atoms with van der Waals surface area (Å²) in [5, 5.41) is 8.05. The van der Waals surface area contributed by atoms with E-state index in [-0.39, 0.29) is 6.04 Å². The number of hydrogen-bond acceptors (Lipinski definition) is 3. The highest BCUT2D eigenvalue weighted by molar-refractivity contribution is 5.30. The number of ether oxygens (including phenoxy) is 1. The molecular formula is C12H11F2N3O. The molecule has 94 valence electrons. The van der Waals surface area contributed by atoms with Crippen LogP contribution in [-0.4, -0.2) is 21.6 Å². The molecule has 1 aromatic carbocycles. The predicted octanol–water partition coefficient (Wildman–Crippen LogP) is 2.04. The van der Waals surface area contributed by atoms with Gasteiger partial charge in [0.05, 0.1) is 19.0 Å². The molecule has 2 heterocycles. The first-order valence-electron chi connectivity index (χ1n) is 5.59. The summed E-state index contributed by atoms with van der Waals surface area (Å²) in [6, 6.07) is 3.25. The normalized spacial score (nSPS) is 23.9.